The van der Waals surface area contributed by atoms with Crippen LogP contribution in [-0.2, 0) is 17.8 Å². The Bertz CT molecular complexity index is 804. The largest absolute Gasteiger partial charge is 0.480 e. The monoisotopic (exact) mass is 353 g/mol. The maximum Gasteiger partial charge on any atom is 0.326 e. The number of Topliss-reactive ketones (excluding diaryl/α,β-unsaturated/α-hetero) is 1. The first-order valence-corrected chi connectivity index (χ1v) is 8.64. The van der Waals surface area contributed by atoms with Crippen LogP contribution in [0.2, 0.25) is 0 Å². The lowest BCUT2D eigenvalue weighted by Crippen LogP contribution is -2.48. The van der Waals surface area contributed by atoms with Gasteiger partial charge in [0.05, 0.1) is 4.99 Å². The number of carboxylic acid groups (broad SMARTS) is 1. The number of rotatable bonds is 5. The molecule has 1 unspecified atom stereocenters. The highest BCUT2D eigenvalue weighted by Crippen LogP contribution is 2.25. The van der Waals surface area contributed by atoms with Crippen LogP contribution in [-0.4, -0.2) is 32.8 Å². The van der Waals surface area contributed by atoms with E-state index in [4.69, 9.17) is 12.2 Å². The van der Waals surface area contributed by atoms with Crippen molar-refractivity contribution in [1.29, 1.82) is 0 Å². The Morgan fingerprint density at radius 3 is 2.32 bits per heavy atom. The van der Waals surface area contributed by atoms with Crippen molar-refractivity contribution in [2.24, 2.45) is 0 Å². The highest BCUT2D eigenvalue weighted by atomic mass is 32.1. The SMILES string of the molecule is O=C(CCC(=S)N1Cc2ccccc2CC1C(=O)O)c1ccccc1. The fourth-order valence-corrected chi connectivity index (χ4v) is 3.43. The third-order valence-corrected chi connectivity index (χ3v) is 4.95. The summed E-state index contributed by atoms with van der Waals surface area (Å²) in [6, 6.07) is 16.2. The van der Waals surface area contributed by atoms with Crippen molar-refractivity contribution in [2.75, 3.05) is 0 Å². The van der Waals surface area contributed by atoms with Gasteiger partial charge in [-0.15, -0.1) is 0 Å². The number of ketones is 1. The summed E-state index contributed by atoms with van der Waals surface area (Å²) in [5.41, 5.74) is 2.80. The van der Waals surface area contributed by atoms with Crippen molar-refractivity contribution < 1.29 is 14.7 Å². The fourth-order valence-electron chi connectivity index (χ4n) is 3.14. The van der Waals surface area contributed by atoms with Crippen molar-refractivity contribution in [3.63, 3.8) is 0 Å². The third kappa shape index (κ3) is 3.94. The maximum absolute atomic E-state index is 12.3. The first kappa shape index (κ1) is 17.3. The molecule has 4 nitrogen and oxygen atoms in total. The van der Waals surface area contributed by atoms with Crippen LogP contribution < -0.4 is 0 Å². The molecule has 1 heterocycles. The van der Waals surface area contributed by atoms with Crippen LogP contribution in [0.15, 0.2) is 54.6 Å². The summed E-state index contributed by atoms with van der Waals surface area (Å²) in [4.78, 5) is 26.2. The molecule has 1 atom stereocenters. The summed E-state index contributed by atoms with van der Waals surface area (Å²) >= 11 is 5.48. The molecule has 1 aliphatic rings. The molecule has 0 saturated carbocycles. The zero-order valence-electron chi connectivity index (χ0n) is 13.7. The quantitative estimate of drug-likeness (QED) is 0.659. The van der Waals surface area contributed by atoms with Gasteiger partial charge in [0.25, 0.3) is 0 Å². The summed E-state index contributed by atoms with van der Waals surface area (Å²) in [6.07, 6.45) is 1.10. The third-order valence-electron chi connectivity index (χ3n) is 4.52. The minimum absolute atomic E-state index is 0.0206. The van der Waals surface area contributed by atoms with Crippen LogP contribution in [0.3, 0.4) is 0 Å². The first-order chi connectivity index (χ1) is 12.1. The molecule has 0 saturated heterocycles. The van der Waals surface area contributed by atoms with Crippen LogP contribution in [0.4, 0.5) is 0 Å². The molecule has 0 aliphatic carbocycles. The Labute approximate surface area is 152 Å². The lowest BCUT2D eigenvalue weighted by Gasteiger charge is -2.36. The van der Waals surface area contributed by atoms with Gasteiger partial charge in [0.1, 0.15) is 6.04 Å². The molecule has 2 aromatic carbocycles. The van der Waals surface area contributed by atoms with E-state index >= 15 is 0 Å². The van der Waals surface area contributed by atoms with Gasteiger partial charge < -0.3 is 10.0 Å². The zero-order valence-corrected chi connectivity index (χ0v) is 14.5. The summed E-state index contributed by atoms with van der Waals surface area (Å²) in [6.45, 7) is 0.478. The lowest BCUT2D eigenvalue weighted by atomic mass is 9.93. The number of fused-ring (bicyclic) bond motifs is 1. The number of carbonyl (C=O) groups is 2. The number of nitrogens with zero attached hydrogens (tertiary/aromatic N) is 1. The van der Waals surface area contributed by atoms with Gasteiger partial charge >= 0.3 is 5.97 Å². The van der Waals surface area contributed by atoms with E-state index in [1.807, 2.05) is 42.5 Å². The summed E-state index contributed by atoms with van der Waals surface area (Å²) in [7, 11) is 0. The van der Waals surface area contributed by atoms with E-state index in [0.717, 1.165) is 11.1 Å². The second-order valence-electron chi connectivity index (χ2n) is 6.14. The number of benzene rings is 2. The highest BCUT2D eigenvalue weighted by molar-refractivity contribution is 7.80. The molecule has 0 radical (unpaired) electrons. The molecule has 128 valence electrons. The Kier molecular flexibility index (Phi) is 5.24. The molecule has 1 N–H and O–H groups in total. The maximum atomic E-state index is 12.3. The topological polar surface area (TPSA) is 57.6 Å². The van der Waals surface area contributed by atoms with Gasteiger partial charge in [0.15, 0.2) is 5.78 Å². The number of hydrogen-bond acceptors (Lipinski definition) is 3. The van der Waals surface area contributed by atoms with Crippen molar-refractivity contribution in [3.05, 3.63) is 71.3 Å². The standard InChI is InChI=1S/C20H19NO3S/c22-18(14-6-2-1-3-7-14)10-11-19(25)21-13-16-9-5-4-8-15(16)12-17(21)20(23)24/h1-9,17H,10-13H2,(H,23,24). The first-order valence-electron chi connectivity index (χ1n) is 8.23. The molecule has 0 bridgehead atoms. The van der Waals surface area contributed by atoms with Crippen LogP contribution in [0.5, 0.6) is 0 Å². The predicted molar refractivity (Wildman–Crippen MR) is 99.7 cm³/mol. The van der Waals surface area contributed by atoms with Gasteiger partial charge in [0.2, 0.25) is 0 Å². The smallest absolute Gasteiger partial charge is 0.326 e. The molecule has 0 aromatic heterocycles. The van der Waals surface area contributed by atoms with Crippen LogP contribution >= 0.6 is 12.2 Å². The average molecular weight is 353 g/mol. The van der Waals surface area contributed by atoms with Gasteiger partial charge in [-0.2, -0.15) is 0 Å². The Hall–Kier alpha value is -2.53. The second-order valence-corrected chi connectivity index (χ2v) is 6.61. The van der Waals surface area contributed by atoms with Gasteiger partial charge in [-0.1, -0.05) is 66.8 Å². The minimum atomic E-state index is -0.883. The minimum Gasteiger partial charge on any atom is -0.480 e. The average Bonchev–Trinajstić information content (AvgIpc) is 2.65. The molecular formula is C20H19NO3S. The fraction of sp³-hybridized carbons (Fsp3) is 0.250. The van der Waals surface area contributed by atoms with E-state index in [9.17, 15) is 14.7 Å². The molecule has 0 fully saturated rings. The normalized spacial score (nSPS) is 16.2. The number of carbonyl (C=O) groups excluding carboxylic acids is 1. The Morgan fingerprint density at radius 1 is 1.00 bits per heavy atom. The van der Waals surface area contributed by atoms with Crippen molar-refractivity contribution in [2.45, 2.75) is 31.8 Å². The van der Waals surface area contributed by atoms with Gasteiger partial charge in [-0.05, 0) is 11.1 Å². The number of hydrogen-bond donors (Lipinski definition) is 1. The lowest BCUT2D eigenvalue weighted by molar-refractivity contribution is -0.142. The van der Waals surface area contributed by atoms with E-state index in [1.165, 1.54) is 0 Å². The zero-order chi connectivity index (χ0) is 17.8. The molecular weight excluding hydrogens is 334 g/mol. The van der Waals surface area contributed by atoms with Crippen LogP contribution in [0.25, 0.3) is 0 Å². The van der Waals surface area contributed by atoms with E-state index in [1.54, 1.807) is 17.0 Å². The second kappa shape index (κ2) is 7.57. The van der Waals surface area contributed by atoms with Crippen molar-refractivity contribution in [3.8, 4) is 0 Å². The van der Waals surface area contributed by atoms with Gasteiger partial charge in [-0.25, -0.2) is 4.79 Å². The Morgan fingerprint density at radius 2 is 1.64 bits per heavy atom. The number of thiocarbonyl (C=S) groups is 1. The summed E-state index contributed by atoms with van der Waals surface area (Å²) in [5, 5.41) is 9.57. The van der Waals surface area contributed by atoms with Gasteiger partial charge in [0, 0.05) is 31.4 Å². The molecule has 25 heavy (non-hydrogen) atoms. The molecule has 0 amide bonds. The summed E-state index contributed by atoms with van der Waals surface area (Å²) in [5.74, 6) is -0.863. The molecule has 3 rings (SSSR count). The highest BCUT2D eigenvalue weighted by Gasteiger charge is 2.32. The van der Waals surface area contributed by atoms with Crippen LogP contribution in [0, 0.1) is 0 Å². The molecule has 5 heteroatoms. The van der Waals surface area contributed by atoms with E-state index < -0.39 is 12.0 Å². The molecule has 0 spiro atoms. The summed E-state index contributed by atoms with van der Waals surface area (Å²) < 4.78 is 0. The Balaban J connectivity index is 1.70. The molecule has 1 aliphatic heterocycles. The number of aliphatic carboxylic acids is 1. The van der Waals surface area contributed by atoms with E-state index in [2.05, 4.69) is 0 Å². The van der Waals surface area contributed by atoms with E-state index in [0.29, 0.717) is 29.9 Å². The van der Waals surface area contributed by atoms with E-state index in [-0.39, 0.29) is 12.2 Å². The van der Waals surface area contributed by atoms with Gasteiger partial charge in [-0.3, -0.25) is 4.79 Å². The van der Waals surface area contributed by atoms with Crippen molar-refractivity contribution in [1.82, 2.24) is 4.90 Å². The van der Waals surface area contributed by atoms with Crippen LogP contribution in [0.1, 0.15) is 34.3 Å². The van der Waals surface area contributed by atoms with Crippen molar-refractivity contribution >= 4 is 29.0 Å². The molecule has 2 aromatic rings. The predicted octanol–water partition coefficient (Wildman–Crippen LogP) is 3.49. The number of carboxylic acids is 1.